The van der Waals surface area contributed by atoms with Gasteiger partial charge >= 0.3 is 5.97 Å². The van der Waals surface area contributed by atoms with E-state index in [1.807, 2.05) is 24.3 Å². The van der Waals surface area contributed by atoms with Crippen molar-refractivity contribution in [2.24, 2.45) is 0 Å². The second-order valence-corrected chi connectivity index (χ2v) is 8.01. The Balaban J connectivity index is 1.71. The van der Waals surface area contributed by atoms with Crippen LogP contribution in [0.15, 0.2) is 48.5 Å². The van der Waals surface area contributed by atoms with Gasteiger partial charge in [0.1, 0.15) is 0 Å². The van der Waals surface area contributed by atoms with E-state index in [-0.39, 0.29) is 5.97 Å². The van der Waals surface area contributed by atoms with E-state index in [9.17, 15) is 4.79 Å². The summed E-state index contributed by atoms with van der Waals surface area (Å²) in [6.07, 6.45) is 0.992. The Morgan fingerprint density at radius 2 is 1.87 bits per heavy atom. The van der Waals surface area contributed by atoms with Crippen molar-refractivity contribution in [2.75, 3.05) is 51.8 Å². The molecule has 2 aromatic carbocycles. The number of rotatable bonds is 8. The number of aryl methyl sites for hydroxylation is 1. The Kier molecular flexibility index (Phi) is 8.82. The van der Waals surface area contributed by atoms with E-state index in [0.717, 1.165) is 45.8 Å². The van der Waals surface area contributed by atoms with Crippen molar-refractivity contribution in [3.8, 4) is 0 Å². The number of carbonyl (C=O) groups is 1. The average molecular weight is 442 g/mol. The number of para-hydroxylation sites is 1. The molecule has 0 unspecified atom stereocenters. The minimum atomic E-state index is -0.385. The third-order valence-electron chi connectivity index (χ3n) is 5.49. The van der Waals surface area contributed by atoms with Crippen LogP contribution in [-0.4, -0.2) is 67.4 Å². The molecule has 0 aliphatic carbocycles. The summed E-state index contributed by atoms with van der Waals surface area (Å²) in [5.74, 6) is -0.385. The maximum Gasteiger partial charge on any atom is 0.339 e. The van der Waals surface area contributed by atoms with Crippen molar-refractivity contribution in [1.82, 2.24) is 9.80 Å². The molecule has 3 rings (SSSR count). The second kappa shape index (κ2) is 11.8. The van der Waals surface area contributed by atoms with Gasteiger partial charge in [-0.2, -0.15) is 0 Å². The first-order valence-corrected chi connectivity index (χ1v) is 11.1. The summed E-state index contributed by atoms with van der Waals surface area (Å²) in [6.45, 7) is 8.22. The number of thiocarbonyl (C=S) groups is 1. The molecule has 7 heteroatoms. The van der Waals surface area contributed by atoms with Crippen LogP contribution in [0.3, 0.4) is 0 Å². The lowest BCUT2D eigenvalue weighted by Gasteiger charge is -2.30. The van der Waals surface area contributed by atoms with Gasteiger partial charge < -0.3 is 19.7 Å². The molecular weight excluding hydrogens is 410 g/mol. The lowest BCUT2D eigenvalue weighted by Crippen LogP contribution is -2.40. The Bertz CT molecular complexity index is 884. The largest absolute Gasteiger partial charge is 0.465 e. The average Bonchev–Trinajstić information content (AvgIpc) is 2.80. The summed E-state index contributed by atoms with van der Waals surface area (Å²) < 4.78 is 10.4. The fourth-order valence-electron chi connectivity index (χ4n) is 3.63. The molecule has 0 spiro atoms. The third kappa shape index (κ3) is 6.75. The van der Waals surface area contributed by atoms with E-state index in [1.165, 1.54) is 18.2 Å². The summed E-state index contributed by atoms with van der Waals surface area (Å²) in [4.78, 5) is 16.7. The molecule has 1 saturated heterocycles. The molecule has 1 aliphatic rings. The summed E-state index contributed by atoms with van der Waals surface area (Å²) in [5.41, 5.74) is 3.59. The van der Waals surface area contributed by atoms with Crippen molar-refractivity contribution < 1.29 is 14.3 Å². The van der Waals surface area contributed by atoms with Crippen LogP contribution < -0.4 is 5.32 Å². The number of benzene rings is 2. The zero-order chi connectivity index (χ0) is 22.1. The van der Waals surface area contributed by atoms with Gasteiger partial charge in [0.05, 0.1) is 31.6 Å². The highest BCUT2D eigenvalue weighted by molar-refractivity contribution is 7.80. The molecule has 0 amide bonds. The minimum Gasteiger partial charge on any atom is -0.465 e. The molecule has 1 N–H and O–H groups in total. The predicted molar refractivity (Wildman–Crippen MR) is 127 cm³/mol. The minimum absolute atomic E-state index is 0.385. The number of methoxy groups -OCH3 is 1. The van der Waals surface area contributed by atoms with Crippen LogP contribution in [0.5, 0.6) is 0 Å². The number of nitrogens with zero attached hydrogens (tertiary/aromatic N) is 2. The highest BCUT2D eigenvalue weighted by Gasteiger charge is 2.17. The van der Waals surface area contributed by atoms with Crippen LogP contribution >= 0.6 is 12.2 Å². The zero-order valence-corrected chi connectivity index (χ0v) is 19.1. The molecule has 0 aromatic heterocycles. The molecule has 0 bridgehead atoms. The monoisotopic (exact) mass is 441 g/mol. The van der Waals surface area contributed by atoms with Crippen molar-refractivity contribution in [3.63, 3.8) is 0 Å². The fourth-order valence-corrected chi connectivity index (χ4v) is 3.90. The normalized spacial score (nSPS) is 14.1. The van der Waals surface area contributed by atoms with Crippen molar-refractivity contribution in [3.05, 3.63) is 65.2 Å². The van der Waals surface area contributed by atoms with Gasteiger partial charge in [0.15, 0.2) is 5.11 Å². The molecule has 31 heavy (non-hydrogen) atoms. The van der Waals surface area contributed by atoms with E-state index in [2.05, 4.69) is 40.2 Å². The van der Waals surface area contributed by atoms with Gasteiger partial charge in [-0.3, -0.25) is 4.90 Å². The van der Waals surface area contributed by atoms with Gasteiger partial charge in [0, 0.05) is 32.7 Å². The van der Waals surface area contributed by atoms with E-state index in [0.29, 0.717) is 22.9 Å². The van der Waals surface area contributed by atoms with Crippen LogP contribution in [0, 0.1) is 6.92 Å². The molecule has 166 valence electrons. The maximum absolute atomic E-state index is 12.1. The number of hydrogen-bond acceptors (Lipinski definition) is 5. The predicted octanol–water partition coefficient (Wildman–Crippen LogP) is 3.70. The maximum atomic E-state index is 12.1. The van der Waals surface area contributed by atoms with Crippen molar-refractivity contribution >= 4 is 29.0 Å². The van der Waals surface area contributed by atoms with Crippen LogP contribution in [0.1, 0.15) is 27.9 Å². The molecule has 0 saturated carbocycles. The highest BCUT2D eigenvalue weighted by atomic mass is 32.1. The SMILES string of the molecule is COC(=O)c1ccccc1NC(=S)N(CCCN1CCOCC1)Cc1ccccc1C. The molecule has 1 fully saturated rings. The molecule has 0 radical (unpaired) electrons. The topological polar surface area (TPSA) is 54.0 Å². The molecule has 0 atom stereocenters. The Morgan fingerprint density at radius 1 is 1.16 bits per heavy atom. The van der Waals surface area contributed by atoms with Gasteiger partial charge in [0.25, 0.3) is 0 Å². The Labute approximate surface area is 190 Å². The number of morpholine rings is 1. The highest BCUT2D eigenvalue weighted by Crippen LogP contribution is 2.18. The number of esters is 1. The number of carbonyl (C=O) groups excluding carboxylic acids is 1. The first-order valence-electron chi connectivity index (χ1n) is 10.7. The van der Waals surface area contributed by atoms with Crippen molar-refractivity contribution in [2.45, 2.75) is 19.9 Å². The van der Waals surface area contributed by atoms with Crippen LogP contribution in [0.25, 0.3) is 0 Å². The number of hydrogen-bond donors (Lipinski definition) is 1. The molecule has 1 heterocycles. The van der Waals surface area contributed by atoms with Crippen LogP contribution in [0.2, 0.25) is 0 Å². The van der Waals surface area contributed by atoms with Crippen molar-refractivity contribution in [1.29, 1.82) is 0 Å². The Hall–Kier alpha value is -2.48. The molecule has 2 aromatic rings. The van der Waals surface area contributed by atoms with Gasteiger partial charge in [-0.25, -0.2) is 4.79 Å². The molecular formula is C24H31N3O3S. The fraction of sp³-hybridized carbons (Fsp3) is 0.417. The Morgan fingerprint density at radius 3 is 2.61 bits per heavy atom. The summed E-state index contributed by atoms with van der Waals surface area (Å²) in [5, 5.41) is 3.88. The third-order valence-corrected chi connectivity index (χ3v) is 5.85. The van der Waals surface area contributed by atoms with Crippen LogP contribution in [0.4, 0.5) is 5.69 Å². The first kappa shape index (κ1) is 23.2. The number of ether oxygens (including phenoxy) is 2. The number of nitrogens with one attached hydrogen (secondary N) is 1. The quantitative estimate of drug-likeness (QED) is 0.495. The van der Waals surface area contributed by atoms with E-state index >= 15 is 0 Å². The molecule has 1 aliphatic heterocycles. The van der Waals surface area contributed by atoms with Gasteiger partial charge in [-0.05, 0) is 48.8 Å². The number of anilines is 1. The van der Waals surface area contributed by atoms with E-state index < -0.39 is 0 Å². The molecule has 6 nitrogen and oxygen atoms in total. The van der Waals surface area contributed by atoms with Gasteiger partial charge in [-0.15, -0.1) is 0 Å². The standard InChI is InChI=1S/C24H31N3O3S/c1-19-8-3-4-9-20(19)18-27(13-7-12-26-14-16-30-17-15-26)24(31)25-22-11-6-5-10-21(22)23(28)29-2/h3-6,8-11H,7,12-18H2,1-2H3,(H,25,31). The summed E-state index contributed by atoms with van der Waals surface area (Å²) in [7, 11) is 1.38. The second-order valence-electron chi connectivity index (χ2n) is 7.62. The van der Waals surface area contributed by atoms with E-state index in [1.54, 1.807) is 6.07 Å². The summed E-state index contributed by atoms with van der Waals surface area (Å²) in [6, 6.07) is 15.6. The lowest BCUT2D eigenvalue weighted by molar-refractivity contribution is 0.0367. The van der Waals surface area contributed by atoms with Crippen LogP contribution in [-0.2, 0) is 16.0 Å². The smallest absolute Gasteiger partial charge is 0.339 e. The first-order chi connectivity index (χ1) is 15.1. The van der Waals surface area contributed by atoms with Gasteiger partial charge in [0.2, 0.25) is 0 Å². The van der Waals surface area contributed by atoms with E-state index in [4.69, 9.17) is 21.7 Å². The zero-order valence-electron chi connectivity index (χ0n) is 18.3. The summed E-state index contributed by atoms with van der Waals surface area (Å²) >= 11 is 5.78. The lowest BCUT2D eigenvalue weighted by atomic mass is 10.1. The van der Waals surface area contributed by atoms with Gasteiger partial charge in [-0.1, -0.05) is 36.4 Å².